The van der Waals surface area contributed by atoms with Gasteiger partial charge in [-0.15, -0.1) is 11.8 Å². The second-order valence-corrected chi connectivity index (χ2v) is 12.2. The number of carbonyl (C=O) groups excluding carboxylic acids is 1. The van der Waals surface area contributed by atoms with E-state index in [-0.39, 0.29) is 31.8 Å². The average molecular weight is 515 g/mol. The van der Waals surface area contributed by atoms with Crippen LogP contribution in [0.3, 0.4) is 0 Å². The zero-order valence-electron chi connectivity index (χ0n) is 20.6. The SMILES string of the molecule is Cc1cc(NC(=O)c2ncc(SC3CC3)cc2N2CCC3(CC2)CC3)nc(N2CCC(F)(F)CC2)n1. The number of hydrogen-bond acceptors (Lipinski definition) is 7. The van der Waals surface area contributed by atoms with Crippen molar-refractivity contribution in [3.8, 4) is 0 Å². The van der Waals surface area contributed by atoms with Crippen molar-refractivity contribution in [3.05, 3.63) is 29.7 Å². The molecule has 4 fully saturated rings. The average Bonchev–Trinajstić information content (AvgIpc) is 3.78. The summed E-state index contributed by atoms with van der Waals surface area (Å²) in [5.74, 6) is -2.22. The van der Waals surface area contributed by atoms with E-state index in [4.69, 9.17) is 0 Å². The second kappa shape index (κ2) is 9.11. The van der Waals surface area contributed by atoms with E-state index in [9.17, 15) is 13.6 Å². The molecule has 4 aliphatic rings. The molecule has 0 bridgehead atoms. The number of nitrogens with zero attached hydrogens (tertiary/aromatic N) is 5. The third-order valence-corrected chi connectivity index (χ3v) is 9.17. The van der Waals surface area contributed by atoms with Crippen LogP contribution in [0.1, 0.15) is 67.5 Å². The largest absolute Gasteiger partial charge is 0.370 e. The molecule has 4 heterocycles. The van der Waals surface area contributed by atoms with E-state index in [1.54, 1.807) is 17.2 Å². The molecule has 0 unspecified atom stereocenters. The maximum Gasteiger partial charge on any atom is 0.277 e. The van der Waals surface area contributed by atoms with Crippen molar-refractivity contribution in [3.63, 3.8) is 0 Å². The van der Waals surface area contributed by atoms with Gasteiger partial charge in [0.05, 0.1) is 5.69 Å². The molecule has 2 aliphatic heterocycles. The minimum atomic E-state index is -2.64. The molecule has 6 rings (SSSR count). The fraction of sp³-hybridized carbons (Fsp3) is 0.615. The lowest BCUT2D eigenvalue weighted by Crippen LogP contribution is -2.40. The Morgan fingerprint density at radius 2 is 1.69 bits per heavy atom. The molecule has 1 spiro atoms. The molecule has 36 heavy (non-hydrogen) atoms. The third-order valence-electron chi connectivity index (χ3n) is 7.87. The van der Waals surface area contributed by atoms with E-state index in [1.807, 2.05) is 18.7 Å². The molecule has 192 valence electrons. The molecule has 2 aromatic rings. The first-order valence-electron chi connectivity index (χ1n) is 13.0. The van der Waals surface area contributed by atoms with Gasteiger partial charge in [-0.05, 0) is 56.9 Å². The number of hydrogen-bond donors (Lipinski definition) is 1. The molecule has 7 nitrogen and oxygen atoms in total. The van der Waals surface area contributed by atoms with Crippen molar-refractivity contribution in [1.29, 1.82) is 0 Å². The van der Waals surface area contributed by atoms with E-state index < -0.39 is 5.92 Å². The predicted molar refractivity (Wildman–Crippen MR) is 137 cm³/mol. The molecule has 1 amide bonds. The Morgan fingerprint density at radius 1 is 1.00 bits per heavy atom. The summed E-state index contributed by atoms with van der Waals surface area (Å²) in [6.07, 6.45) is 8.81. The van der Waals surface area contributed by atoms with Gasteiger partial charge in [-0.3, -0.25) is 4.79 Å². The zero-order chi connectivity index (χ0) is 24.9. The normalized spacial score (nSPS) is 22.5. The number of pyridine rings is 1. The number of piperidine rings is 2. The minimum Gasteiger partial charge on any atom is -0.370 e. The summed E-state index contributed by atoms with van der Waals surface area (Å²) in [6.45, 7) is 4.07. The number of carbonyl (C=O) groups is 1. The van der Waals surface area contributed by atoms with Gasteiger partial charge in [-0.25, -0.2) is 18.7 Å². The van der Waals surface area contributed by atoms with Gasteiger partial charge in [0, 0.05) is 67.1 Å². The van der Waals surface area contributed by atoms with Gasteiger partial charge >= 0.3 is 0 Å². The zero-order valence-corrected chi connectivity index (χ0v) is 21.4. The highest BCUT2D eigenvalue weighted by Crippen LogP contribution is 2.54. The van der Waals surface area contributed by atoms with Crippen LogP contribution >= 0.6 is 11.8 Å². The lowest BCUT2D eigenvalue weighted by Gasteiger charge is -2.34. The van der Waals surface area contributed by atoms with Crippen molar-refractivity contribution < 1.29 is 13.6 Å². The maximum atomic E-state index is 13.6. The van der Waals surface area contributed by atoms with Crippen LogP contribution in [0.5, 0.6) is 0 Å². The van der Waals surface area contributed by atoms with Crippen molar-refractivity contribution >= 4 is 35.1 Å². The van der Waals surface area contributed by atoms with Crippen LogP contribution in [-0.2, 0) is 0 Å². The Kier molecular flexibility index (Phi) is 6.05. The van der Waals surface area contributed by atoms with Crippen LogP contribution in [0.15, 0.2) is 23.2 Å². The molecule has 0 atom stereocenters. The molecule has 2 saturated carbocycles. The van der Waals surface area contributed by atoms with Gasteiger partial charge in [-0.1, -0.05) is 0 Å². The lowest BCUT2D eigenvalue weighted by molar-refractivity contribution is -0.0222. The Bertz CT molecular complexity index is 1150. The molecular formula is C26H32F2N6OS. The van der Waals surface area contributed by atoms with Gasteiger partial charge in [0.15, 0.2) is 5.69 Å². The van der Waals surface area contributed by atoms with Gasteiger partial charge < -0.3 is 15.1 Å². The molecular weight excluding hydrogens is 482 g/mol. The van der Waals surface area contributed by atoms with Crippen LogP contribution in [0, 0.1) is 12.3 Å². The van der Waals surface area contributed by atoms with Crippen LogP contribution in [0.25, 0.3) is 0 Å². The molecule has 2 aliphatic carbocycles. The standard InChI is InChI=1S/C26H32F2N6OS/c1-17-14-21(32-24(30-17)34-12-8-26(27,28)9-13-34)31-23(35)22-20(15-19(16-29-22)36-18-2-3-18)33-10-6-25(4-5-25)7-11-33/h14-16,18H,2-13H2,1H3,(H,30,31,32,35). The Labute approximate surface area is 214 Å². The molecule has 10 heteroatoms. The van der Waals surface area contributed by atoms with Crippen molar-refractivity contribution in [2.24, 2.45) is 5.41 Å². The summed E-state index contributed by atoms with van der Waals surface area (Å²) in [4.78, 5) is 32.2. The van der Waals surface area contributed by atoms with E-state index in [1.165, 1.54) is 25.7 Å². The Hall–Kier alpha value is -2.49. The minimum absolute atomic E-state index is 0.187. The number of halogens is 2. The van der Waals surface area contributed by atoms with Crippen molar-refractivity contribution in [2.45, 2.75) is 74.4 Å². The number of amides is 1. The van der Waals surface area contributed by atoms with Gasteiger partial charge in [0.2, 0.25) is 5.95 Å². The van der Waals surface area contributed by atoms with Crippen molar-refractivity contribution in [1.82, 2.24) is 15.0 Å². The molecule has 2 saturated heterocycles. The number of nitrogens with one attached hydrogen (secondary N) is 1. The Balaban J connectivity index is 1.22. The lowest BCUT2D eigenvalue weighted by atomic mass is 9.93. The van der Waals surface area contributed by atoms with Crippen LogP contribution < -0.4 is 15.1 Å². The van der Waals surface area contributed by atoms with Crippen LogP contribution in [-0.4, -0.2) is 58.2 Å². The smallest absolute Gasteiger partial charge is 0.277 e. The van der Waals surface area contributed by atoms with Crippen molar-refractivity contribution in [2.75, 3.05) is 41.3 Å². The monoisotopic (exact) mass is 514 g/mol. The van der Waals surface area contributed by atoms with E-state index in [0.717, 1.165) is 36.5 Å². The first-order valence-corrected chi connectivity index (χ1v) is 13.9. The topological polar surface area (TPSA) is 74.2 Å². The second-order valence-electron chi connectivity index (χ2n) is 10.8. The summed E-state index contributed by atoms with van der Waals surface area (Å²) < 4.78 is 27.2. The first-order chi connectivity index (χ1) is 17.3. The predicted octanol–water partition coefficient (Wildman–Crippen LogP) is 5.30. The van der Waals surface area contributed by atoms with Crippen LogP contribution in [0.2, 0.25) is 0 Å². The fourth-order valence-electron chi connectivity index (χ4n) is 5.16. The molecule has 0 radical (unpaired) electrons. The summed E-state index contributed by atoms with van der Waals surface area (Å²) in [6, 6.07) is 3.83. The fourth-order valence-corrected chi connectivity index (χ4v) is 6.21. The number of thioether (sulfide) groups is 1. The van der Waals surface area contributed by atoms with Gasteiger partial charge in [-0.2, -0.15) is 4.98 Å². The maximum absolute atomic E-state index is 13.6. The number of anilines is 3. The van der Waals surface area contributed by atoms with E-state index in [2.05, 4.69) is 31.2 Å². The van der Waals surface area contributed by atoms with E-state index >= 15 is 0 Å². The summed E-state index contributed by atoms with van der Waals surface area (Å²) in [7, 11) is 0. The third kappa shape index (κ3) is 5.28. The first kappa shape index (κ1) is 23.9. The number of aromatic nitrogens is 3. The number of rotatable bonds is 6. The number of aryl methyl sites for hydroxylation is 1. The number of alkyl halides is 2. The highest BCUT2D eigenvalue weighted by atomic mass is 32.2. The Morgan fingerprint density at radius 3 is 2.36 bits per heavy atom. The molecule has 1 N–H and O–H groups in total. The van der Waals surface area contributed by atoms with Crippen LogP contribution in [0.4, 0.5) is 26.2 Å². The quantitative estimate of drug-likeness (QED) is 0.561. The van der Waals surface area contributed by atoms with Gasteiger partial charge in [0.1, 0.15) is 5.82 Å². The highest BCUT2D eigenvalue weighted by molar-refractivity contribution is 8.00. The summed E-state index contributed by atoms with van der Waals surface area (Å²) in [5.41, 5.74) is 2.50. The van der Waals surface area contributed by atoms with E-state index in [0.29, 0.717) is 33.8 Å². The summed E-state index contributed by atoms with van der Waals surface area (Å²) >= 11 is 1.84. The molecule has 0 aromatic carbocycles. The molecule has 2 aromatic heterocycles. The summed E-state index contributed by atoms with van der Waals surface area (Å²) in [5, 5.41) is 3.57. The van der Waals surface area contributed by atoms with Gasteiger partial charge in [0.25, 0.3) is 11.8 Å². The highest BCUT2D eigenvalue weighted by Gasteiger charge is 2.45.